The van der Waals surface area contributed by atoms with Crippen molar-refractivity contribution in [1.82, 2.24) is 4.98 Å². The van der Waals surface area contributed by atoms with E-state index in [1.165, 1.54) is 0 Å². The SMILES string of the molecule is CC(C)C(C)(C)CNc1ncc(CN)s1. The van der Waals surface area contributed by atoms with Gasteiger partial charge in [0.2, 0.25) is 0 Å². The Morgan fingerprint density at radius 1 is 1.53 bits per heavy atom. The van der Waals surface area contributed by atoms with Crippen LogP contribution in [0.1, 0.15) is 32.6 Å². The molecule has 0 spiro atoms. The Hall–Kier alpha value is -0.610. The Morgan fingerprint density at radius 2 is 2.20 bits per heavy atom. The Labute approximate surface area is 96.1 Å². The summed E-state index contributed by atoms with van der Waals surface area (Å²) in [6.07, 6.45) is 1.84. The molecule has 0 bridgehead atoms. The summed E-state index contributed by atoms with van der Waals surface area (Å²) in [7, 11) is 0. The fraction of sp³-hybridized carbons (Fsp3) is 0.727. The number of nitrogens with zero attached hydrogens (tertiary/aromatic N) is 1. The van der Waals surface area contributed by atoms with Gasteiger partial charge in [0.15, 0.2) is 5.13 Å². The van der Waals surface area contributed by atoms with E-state index in [0.29, 0.717) is 12.5 Å². The van der Waals surface area contributed by atoms with E-state index in [9.17, 15) is 0 Å². The zero-order valence-electron chi connectivity index (χ0n) is 10.0. The molecule has 0 aliphatic rings. The first kappa shape index (κ1) is 12.5. The predicted molar refractivity (Wildman–Crippen MR) is 67.1 cm³/mol. The summed E-state index contributed by atoms with van der Waals surface area (Å²) in [5, 5.41) is 4.35. The van der Waals surface area contributed by atoms with Crippen molar-refractivity contribution in [3.63, 3.8) is 0 Å². The Kier molecular flexibility index (Phi) is 4.11. The smallest absolute Gasteiger partial charge is 0.182 e. The van der Waals surface area contributed by atoms with Crippen molar-refractivity contribution >= 4 is 16.5 Å². The maximum Gasteiger partial charge on any atom is 0.182 e. The third-order valence-electron chi connectivity index (χ3n) is 3.01. The van der Waals surface area contributed by atoms with Crippen molar-refractivity contribution in [3.05, 3.63) is 11.1 Å². The number of nitrogens with two attached hydrogens (primary N) is 1. The highest BCUT2D eigenvalue weighted by Gasteiger charge is 2.22. The van der Waals surface area contributed by atoms with Crippen molar-refractivity contribution in [1.29, 1.82) is 0 Å². The third kappa shape index (κ3) is 3.47. The van der Waals surface area contributed by atoms with Gasteiger partial charge in [-0.15, -0.1) is 11.3 Å². The molecule has 1 rings (SSSR count). The average Bonchev–Trinajstić information content (AvgIpc) is 2.62. The maximum absolute atomic E-state index is 5.54. The van der Waals surface area contributed by atoms with Crippen LogP contribution in [0.2, 0.25) is 0 Å². The van der Waals surface area contributed by atoms with Crippen LogP contribution >= 0.6 is 11.3 Å². The van der Waals surface area contributed by atoms with E-state index in [1.54, 1.807) is 11.3 Å². The van der Waals surface area contributed by atoms with Gasteiger partial charge in [0.25, 0.3) is 0 Å². The summed E-state index contributed by atoms with van der Waals surface area (Å²) in [6.45, 7) is 10.5. The first-order valence-corrected chi connectivity index (χ1v) is 6.16. The van der Waals surface area contributed by atoms with Crippen LogP contribution in [-0.2, 0) is 6.54 Å². The zero-order chi connectivity index (χ0) is 11.5. The summed E-state index contributed by atoms with van der Waals surface area (Å²) in [4.78, 5) is 5.40. The van der Waals surface area contributed by atoms with Gasteiger partial charge in [-0.25, -0.2) is 4.98 Å². The molecule has 3 nitrogen and oxygen atoms in total. The zero-order valence-corrected chi connectivity index (χ0v) is 10.8. The fourth-order valence-electron chi connectivity index (χ4n) is 0.991. The van der Waals surface area contributed by atoms with Gasteiger partial charge in [0.05, 0.1) is 0 Å². The normalized spacial score (nSPS) is 12.1. The second-order valence-corrected chi connectivity index (χ2v) is 5.95. The van der Waals surface area contributed by atoms with Crippen LogP contribution in [0.15, 0.2) is 6.20 Å². The van der Waals surface area contributed by atoms with E-state index in [-0.39, 0.29) is 5.41 Å². The van der Waals surface area contributed by atoms with Gasteiger partial charge in [0, 0.05) is 24.2 Å². The Bertz CT molecular complexity index is 305. The molecular formula is C11H21N3S. The van der Waals surface area contributed by atoms with Gasteiger partial charge in [-0.05, 0) is 11.3 Å². The molecule has 0 aromatic carbocycles. The summed E-state index contributed by atoms with van der Waals surface area (Å²) in [5.74, 6) is 0.652. The number of nitrogens with one attached hydrogen (secondary N) is 1. The summed E-state index contributed by atoms with van der Waals surface area (Å²) >= 11 is 1.64. The molecule has 0 saturated carbocycles. The number of hydrogen-bond donors (Lipinski definition) is 2. The third-order valence-corrected chi connectivity index (χ3v) is 3.99. The minimum Gasteiger partial charge on any atom is -0.361 e. The molecule has 1 heterocycles. The number of anilines is 1. The van der Waals surface area contributed by atoms with E-state index < -0.39 is 0 Å². The number of thiazole rings is 1. The minimum atomic E-state index is 0.286. The van der Waals surface area contributed by atoms with Crippen molar-refractivity contribution < 1.29 is 0 Å². The van der Waals surface area contributed by atoms with Crippen LogP contribution in [-0.4, -0.2) is 11.5 Å². The lowest BCUT2D eigenvalue weighted by Crippen LogP contribution is -2.28. The van der Waals surface area contributed by atoms with Crippen molar-refractivity contribution in [3.8, 4) is 0 Å². The standard InChI is InChI=1S/C11H21N3S/c1-8(2)11(3,4)7-14-10-13-6-9(5-12)15-10/h6,8H,5,7,12H2,1-4H3,(H,13,14). The van der Waals surface area contributed by atoms with Gasteiger partial charge < -0.3 is 11.1 Å². The second kappa shape index (κ2) is 4.94. The maximum atomic E-state index is 5.54. The number of rotatable bonds is 5. The fourth-order valence-corrected chi connectivity index (χ4v) is 1.68. The molecular weight excluding hydrogens is 206 g/mol. The molecule has 1 aromatic heterocycles. The van der Waals surface area contributed by atoms with Crippen molar-refractivity contribution in [2.24, 2.45) is 17.1 Å². The van der Waals surface area contributed by atoms with Crippen LogP contribution < -0.4 is 11.1 Å². The van der Waals surface area contributed by atoms with Crippen molar-refractivity contribution in [2.45, 2.75) is 34.2 Å². The number of aromatic nitrogens is 1. The van der Waals surface area contributed by atoms with Crippen LogP contribution in [0.3, 0.4) is 0 Å². The Balaban J connectivity index is 2.50. The van der Waals surface area contributed by atoms with Crippen molar-refractivity contribution in [2.75, 3.05) is 11.9 Å². The summed E-state index contributed by atoms with van der Waals surface area (Å²) in [5.41, 5.74) is 5.82. The molecule has 86 valence electrons. The molecule has 0 fully saturated rings. The first-order chi connectivity index (χ1) is 6.95. The summed E-state index contributed by atoms with van der Waals surface area (Å²) < 4.78 is 0. The van der Waals surface area contributed by atoms with E-state index in [0.717, 1.165) is 16.6 Å². The molecule has 4 heteroatoms. The highest BCUT2D eigenvalue weighted by Crippen LogP contribution is 2.27. The molecule has 0 radical (unpaired) electrons. The molecule has 1 aromatic rings. The van der Waals surface area contributed by atoms with E-state index in [4.69, 9.17) is 5.73 Å². The largest absolute Gasteiger partial charge is 0.361 e. The molecule has 0 atom stereocenters. The Morgan fingerprint density at radius 3 is 2.67 bits per heavy atom. The molecule has 15 heavy (non-hydrogen) atoms. The molecule has 0 saturated heterocycles. The summed E-state index contributed by atoms with van der Waals surface area (Å²) in [6, 6.07) is 0. The topological polar surface area (TPSA) is 50.9 Å². The highest BCUT2D eigenvalue weighted by atomic mass is 32.1. The van der Waals surface area contributed by atoms with Gasteiger partial charge in [-0.2, -0.15) is 0 Å². The van der Waals surface area contributed by atoms with Crippen LogP contribution in [0, 0.1) is 11.3 Å². The molecule has 0 amide bonds. The van der Waals surface area contributed by atoms with Crippen LogP contribution in [0.5, 0.6) is 0 Å². The lowest BCUT2D eigenvalue weighted by Gasteiger charge is -2.29. The van der Waals surface area contributed by atoms with Gasteiger partial charge in [0.1, 0.15) is 0 Å². The van der Waals surface area contributed by atoms with E-state index in [2.05, 4.69) is 38.0 Å². The van der Waals surface area contributed by atoms with Gasteiger partial charge in [-0.3, -0.25) is 0 Å². The number of hydrogen-bond acceptors (Lipinski definition) is 4. The monoisotopic (exact) mass is 227 g/mol. The first-order valence-electron chi connectivity index (χ1n) is 5.34. The quantitative estimate of drug-likeness (QED) is 0.813. The molecule has 0 aliphatic carbocycles. The van der Waals surface area contributed by atoms with E-state index >= 15 is 0 Å². The molecule has 0 unspecified atom stereocenters. The van der Waals surface area contributed by atoms with Gasteiger partial charge in [-0.1, -0.05) is 27.7 Å². The van der Waals surface area contributed by atoms with Gasteiger partial charge >= 0.3 is 0 Å². The minimum absolute atomic E-state index is 0.286. The predicted octanol–water partition coefficient (Wildman–Crippen LogP) is 2.70. The highest BCUT2D eigenvalue weighted by molar-refractivity contribution is 7.15. The molecule has 0 aliphatic heterocycles. The van der Waals surface area contributed by atoms with E-state index in [1.807, 2.05) is 6.20 Å². The lowest BCUT2D eigenvalue weighted by atomic mass is 9.81. The lowest BCUT2D eigenvalue weighted by molar-refractivity contribution is 0.269. The van der Waals surface area contributed by atoms with Crippen LogP contribution in [0.4, 0.5) is 5.13 Å². The average molecular weight is 227 g/mol. The van der Waals surface area contributed by atoms with Crippen LogP contribution in [0.25, 0.3) is 0 Å². The molecule has 3 N–H and O–H groups in total. The second-order valence-electron chi connectivity index (χ2n) is 4.83.